The van der Waals surface area contributed by atoms with E-state index < -0.39 is 6.04 Å². The van der Waals surface area contributed by atoms with Crippen LogP contribution in [0.25, 0.3) is 0 Å². The number of hydrogen-bond acceptors (Lipinski definition) is 4. The fourth-order valence-corrected chi connectivity index (χ4v) is 2.35. The zero-order valence-electron chi connectivity index (χ0n) is 12.1. The minimum absolute atomic E-state index is 0.100. The lowest BCUT2D eigenvalue weighted by atomic mass is 10.2. The average molecular weight is 276 g/mol. The number of benzene rings is 1. The van der Waals surface area contributed by atoms with Crippen molar-refractivity contribution in [1.29, 1.82) is 0 Å². The van der Waals surface area contributed by atoms with E-state index in [1.807, 2.05) is 45.0 Å². The average Bonchev–Trinajstić information content (AvgIpc) is 2.65. The fourth-order valence-electron chi connectivity index (χ4n) is 2.35. The van der Waals surface area contributed by atoms with E-state index in [4.69, 9.17) is 4.74 Å². The molecule has 1 saturated heterocycles. The maximum Gasteiger partial charge on any atom is 0.252 e. The largest absolute Gasteiger partial charge is 0.494 e. The van der Waals surface area contributed by atoms with Gasteiger partial charge in [0.2, 0.25) is 5.91 Å². The summed E-state index contributed by atoms with van der Waals surface area (Å²) in [6.45, 7) is 6.19. The molecule has 5 nitrogen and oxygen atoms in total. The Hall–Kier alpha value is -2.04. The number of imide groups is 1. The van der Waals surface area contributed by atoms with Crippen LogP contribution in [0, 0.1) is 0 Å². The molecule has 0 saturated carbocycles. The molecule has 1 aromatic carbocycles. The van der Waals surface area contributed by atoms with Gasteiger partial charge in [0.05, 0.1) is 13.0 Å². The Morgan fingerprint density at radius 1 is 1.40 bits per heavy atom. The van der Waals surface area contributed by atoms with E-state index in [-0.39, 0.29) is 24.3 Å². The van der Waals surface area contributed by atoms with Crippen LogP contribution in [0.3, 0.4) is 0 Å². The molecule has 1 unspecified atom stereocenters. The summed E-state index contributed by atoms with van der Waals surface area (Å²) in [5.41, 5.74) is 0.785. The lowest BCUT2D eigenvalue weighted by Crippen LogP contribution is -2.39. The number of carbonyl (C=O) groups is 2. The maximum absolute atomic E-state index is 12.2. The van der Waals surface area contributed by atoms with E-state index in [1.54, 1.807) is 0 Å². The van der Waals surface area contributed by atoms with E-state index in [0.29, 0.717) is 6.61 Å². The van der Waals surface area contributed by atoms with Crippen LogP contribution in [-0.4, -0.2) is 35.4 Å². The van der Waals surface area contributed by atoms with Crippen molar-refractivity contribution in [2.45, 2.75) is 39.3 Å². The quantitative estimate of drug-likeness (QED) is 0.836. The molecule has 1 aromatic rings. The maximum atomic E-state index is 12.2. The first-order valence-corrected chi connectivity index (χ1v) is 6.88. The second kappa shape index (κ2) is 5.94. The summed E-state index contributed by atoms with van der Waals surface area (Å²) in [5, 5.41) is 3.11. The Morgan fingerprint density at radius 2 is 2.15 bits per heavy atom. The standard InChI is InChI=1S/C15H20N2O3/c1-4-20-12-7-5-6-11(8-12)16-13-9-14(18)17(10(2)3)15(13)19/h5-8,10,13,16H,4,9H2,1-3H3. The number of likely N-dealkylation sites (tertiary alicyclic amines) is 1. The van der Waals surface area contributed by atoms with Gasteiger partial charge in [0, 0.05) is 17.8 Å². The van der Waals surface area contributed by atoms with E-state index in [2.05, 4.69) is 5.32 Å². The first-order valence-electron chi connectivity index (χ1n) is 6.88. The summed E-state index contributed by atoms with van der Waals surface area (Å²) in [7, 11) is 0. The van der Waals surface area contributed by atoms with Gasteiger partial charge >= 0.3 is 0 Å². The van der Waals surface area contributed by atoms with Crippen molar-refractivity contribution in [3.63, 3.8) is 0 Å². The van der Waals surface area contributed by atoms with Gasteiger partial charge in [-0.15, -0.1) is 0 Å². The lowest BCUT2D eigenvalue weighted by molar-refractivity contribution is -0.140. The molecule has 1 aliphatic heterocycles. The van der Waals surface area contributed by atoms with Gasteiger partial charge in [0.25, 0.3) is 5.91 Å². The van der Waals surface area contributed by atoms with Crippen molar-refractivity contribution in [2.75, 3.05) is 11.9 Å². The number of hydrogen-bond donors (Lipinski definition) is 1. The first-order chi connectivity index (χ1) is 9.52. The van der Waals surface area contributed by atoms with Crippen LogP contribution in [0.2, 0.25) is 0 Å². The SMILES string of the molecule is CCOc1cccc(NC2CC(=O)N(C(C)C)C2=O)c1. The van der Waals surface area contributed by atoms with E-state index in [9.17, 15) is 9.59 Å². The Bertz CT molecular complexity index is 514. The summed E-state index contributed by atoms with van der Waals surface area (Å²) in [4.78, 5) is 25.3. The van der Waals surface area contributed by atoms with Crippen molar-refractivity contribution in [3.05, 3.63) is 24.3 Å². The molecule has 1 aliphatic rings. The molecule has 5 heteroatoms. The van der Waals surface area contributed by atoms with Crippen molar-refractivity contribution in [3.8, 4) is 5.75 Å². The van der Waals surface area contributed by atoms with Gasteiger partial charge < -0.3 is 10.1 Å². The predicted molar refractivity (Wildman–Crippen MR) is 76.6 cm³/mol. The third-order valence-electron chi connectivity index (χ3n) is 3.19. The van der Waals surface area contributed by atoms with Crippen LogP contribution in [0.4, 0.5) is 5.69 Å². The molecule has 0 radical (unpaired) electrons. The molecule has 20 heavy (non-hydrogen) atoms. The minimum atomic E-state index is -0.484. The molecule has 1 atom stereocenters. The Kier molecular flexibility index (Phi) is 4.27. The highest BCUT2D eigenvalue weighted by molar-refractivity contribution is 6.07. The van der Waals surface area contributed by atoms with E-state index in [1.165, 1.54) is 4.90 Å². The number of nitrogens with one attached hydrogen (secondary N) is 1. The molecular weight excluding hydrogens is 256 g/mol. The van der Waals surface area contributed by atoms with Gasteiger partial charge in [-0.05, 0) is 32.9 Å². The number of nitrogens with zero attached hydrogens (tertiary/aromatic N) is 1. The topological polar surface area (TPSA) is 58.6 Å². The van der Waals surface area contributed by atoms with Crippen molar-refractivity contribution >= 4 is 17.5 Å². The van der Waals surface area contributed by atoms with Gasteiger partial charge in [-0.3, -0.25) is 14.5 Å². The summed E-state index contributed by atoms with van der Waals surface area (Å²) < 4.78 is 5.42. The molecule has 0 aliphatic carbocycles. The monoisotopic (exact) mass is 276 g/mol. The second-order valence-corrected chi connectivity index (χ2v) is 5.06. The predicted octanol–water partition coefficient (Wildman–Crippen LogP) is 2.03. The molecule has 2 amide bonds. The molecule has 0 spiro atoms. The number of anilines is 1. The molecule has 0 bridgehead atoms. The Labute approximate surface area is 118 Å². The van der Waals surface area contributed by atoms with Gasteiger partial charge in [-0.2, -0.15) is 0 Å². The van der Waals surface area contributed by atoms with Crippen LogP contribution in [0.5, 0.6) is 5.75 Å². The van der Waals surface area contributed by atoms with Crippen molar-refractivity contribution < 1.29 is 14.3 Å². The first kappa shape index (κ1) is 14.4. The number of amides is 2. The highest BCUT2D eigenvalue weighted by Crippen LogP contribution is 2.23. The van der Waals surface area contributed by atoms with Gasteiger partial charge in [-0.25, -0.2) is 0 Å². The molecule has 0 aromatic heterocycles. The fraction of sp³-hybridized carbons (Fsp3) is 0.467. The second-order valence-electron chi connectivity index (χ2n) is 5.06. The summed E-state index contributed by atoms with van der Waals surface area (Å²) >= 11 is 0. The minimum Gasteiger partial charge on any atom is -0.494 e. The smallest absolute Gasteiger partial charge is 0.252 e. The molecular formula is C15H20N2O3. The third kappa shape index (κ3) is 2.92. The molecule has 108 valence electrons. The Balaban J connectivity index is 2.09. The molecule has 1 fully saturated rings. The molecule has 1 N–H and O–H groups in total. The van der Waals surface area contributed by atoms with E-state index >= 15 is 0 Å². The van der Waals surface area contributed by atoms with Gasteiger partial charge in [0.1, 0.15) is 11.8 Å². The summed E-state index contributed by atoms with van der Waals surface area (Å²) in [6.07, 6.45) is 0.204. The highest BCUT2D eigenvalue weighted by atomic mass is 16.5. The summed E-state index contributed by atoms with van der Waals surface area (Å²) in [5.74, 6) is 0.463. The lowest BCUT2D eigenvalue weighted by Gasteiger charge is -2.19. The zero-order valence-corrected chi connectivity index (χ0v) is 12.1. The molecule has 2 rings (SSSR count). The van der Waals surface area contributed by atoms with Crippen LogP contribution >= 0.6 is 0 Å². The summed E-state index contributed by atoms with van der Waals surface area (Å²) in [6, 6.07) is 6.82. The normalized spacial score (nSPS) is 18.8. The van der Waals surface area contributed by atoms with Gasteiger partial charge in [-0.1, -0.05) is 6.07 Å². The van der Waals surface area contributed by atoms with Crippen molar-refractivity contribution in [2.24, 2.45) is 0 Å². The van der Waals surface area contributed by atoms with Crippen LogP contribution in [0.1, 0.15) is 27.2 Å². The van der Waals surface area contributed by atoms with E-state index in [0.717, 1.165) is 11.4 Å². The Morgan fingerprint density at radius 3 is 2.75 bits per heavy atom. The number of ether oxygens (including phenoxy) is 1. The van der Waals surface area contributed by atoms with Crippen LogP contribution in [-0.2, 0) is 9.59 Å². The number of carbonyl (C=O) groups excluding carboxylic acids is 2. The van der Waals surface area contributed by atoms with Crippen LogP contribution in [0.15, 0.2) is 24.3 Å². The van der Waals surface area contributed by atoms with Gasteiger partial charge in [0.15, 0.2) is 0 Å². The third-order valence-corrected chi connectivity index (χ3v) is 3.19. The van der Waals surface area contributed by atoms with Crippen molar-refractivity contribution in [1.82, 2.24) is 4.90 Å². The highest BCUT2D eigenvalue weighted by Gasteiger charge is 2.39. The van der Waals surface area contributed by atoms with Crippen LogP contribution < -0.4 is 10.1 Å². The molecule has 1 heterocycles. The number of rotatable bonds is 5. The zero-order chi connectivity index (χ0) is 14.7.